The maximum absolute atomic E-state index is 13.1. The van der Waals surface area contributed by atoms with E-state index in [0.29, 0.717) is 19.5 Å². The average molecular weight is 366 g/mol. The van der Waals surface area contributed by atoms with E-state index in [1.807, 2.05) is 24.3 Å². The third-order valence-electron chi connectivity index (χ3n) is 5.07. The quantitative estimate of drug-likeness (QED) is 0.894. The molecule has 0 unspecified atom stereocenters. The van der Waals surface area contributed by atoms with E-state index in [2.05, 4.69) is 15.9 Å². The van der Waals surface area contributed by atoms with Gasteiger partial charge in [-0.25, -0.2) is 0 Å². The number of carboxylic acids is 1. The van der Waals surface area contributed by atoms with E-state index in [4.69, 9.17) is 0 Å². The van der Waals surface area contributed by atoms with Gasteiger partial charge in [0, 0.05) is 17.6 Å². The van der Waals surface area contributed by atoms with Crippen LogP contribution in [0.3, 0.4) is 0 Å². The first-order valence-corrected chi connectivity index (χ1v) is 8.60. The van der Waals surface area contributed by atoms with Crippen LogP contribution in [-0.2, 0) is 15.0 Å². The maximum Gasteiger partial charge on any atom is 0.308 e. The first-order valence-electron chi connectivity index (χ1n) is 7.81. The molecule has 1 saturated carbocycles. The van der Waals surface area contributed by atoms with Gasteiger partial charge >= 0.3 is 5.97 Å². The lowest BCUT2D eigenvalue weighted by molar-refractivity contribution is -0.149. The molecule has 4 nitrogen and oxygen atoms in total. The molecule has 3 rings (SSSR count). The van der Waals surface area contributed by atoms with Crippen molar-refractivity contribution in [3.8, 4) is 0 Å². The number of carboxylic acid groups (broad SMARTS) is 1. The minimum absolute atomic E-state index is 0.118. The van der Waals surface area contributed by atoms with Crippen molar-refractivity contribution in [2.24, 2.45) is 5.92 Å². The highest BCUT2D eigenvalue weighted by molar-refractivity contribution is 9.10. The van der Waals surface area contributed by atoms with Crippen LogP contribution in [0.5, 0.6) is 0 Å². The molecular weight excluding hydrogens is 346 g/mol. The molecule has 0 radical (unpaired) electrons. The Hall–Kier alpha value is -1.36. The number of hydrogen-bond donors (Lipinski definition) is 1. The third-order valence-corrected chi connectivity index (χ3v) is 5.60. The molecule has 2 aliphatic rings. The smallest absolute Gasteiger partial charge is 0.308 e. The number of benzene rings is 1. The second kappa shape index (κ2) is 6.03. The van der Waals surface area contributed by atoms with Crippen LogP contribution >= 0.6 is 15.9 Å². The minimum atomic E-state index is -0.788. The summed E-state index contributed by atoms with van der Waals surface area (Å²) in [5, 5.41) is 9.22. The Morgan fingerprint density at radius 2 is 1.86 bits per heavy atom. The lowest BCUT2D eigenvalue weighted by Gasteiger charge is -2.45. The molecule has 1 aromatic rings. The Bertz CT molecular complexity index is 580. The number of carbonyl (C=O) groups excluding carboxylic acids is 1. The Kier molecular flexibility index (Phi) is 4.26. The van der Waals surface area contributed by atoms with Crippen LogP contribution in [0, 0.1) is 5.92 Å². The van der Waals surface area contributed by atoms with Gasteiger partial charge in [-0.3, -0.25) is 9.59 Å². The molecule has 1 aromatic carbocycles. The Labute approximate surface area is 138 Å². The van der Waals surface area contributed by atoms with Crippen LogP contribution in [0.2, 0.25) is 0 Å². The van der Waals surface area contributed by atoms with Gasteiger partial charge in [-0.2, -0.15) is 0 Å². The molecule has 1 aliphatic carbocycles. The number of aliphatic carboxylic acids is 1. The summed E-state index contributed by atoms with van der Waals surface area (Å²) in [6.07, 6.45) is 4.23. The van der Waals surface area contributed by atoms with Crippen molar-refractivity contribution < 1.29 is 14.7 Å². The molecule has 1 saturated heterocycles. The number of piperidine rings is 1. The molecule has 118 valence electrons. The number of likely N-dealkylation sites (tertiary alicyclic amines) is 1. The van der Waals surface area contributed by atoms with Gasteiger partial charge in [0.15, 0.2) is 0 Å². The minimum Gasteiger partial charge on any atom is -0.481 e. The molecule has 2 fully saturated rings. The molecule has 1 aliphatic heterocycles. The van der Waals surface area contributed by atoms with Gasteiger partial charge in [-0.05, 0) is 43.4 Å². The highest BCUT2D eigenvalue weighted by Crippen LogP contribution is 2.46. The van der Waals surface area contributed by atoms with Crippen molar-refractivity contribution in [2.45, 2.75) is 37.5 Å². The van der Waals surface area contributed by atoms with E-state index >= 15 is 0 Å². The summed E-state index contributed by atoms with van der Waals surface area (Å²) in [4.78, 5) is 26.1. The van der Waals surface area contributed by atoms with Gasteiger partial charge in [0.1, 0.15) is 0 Å². The molecule has 0 aromatic heterocycles. The van der Waals surface area contributed by atoms with Crippen molar-refractivity contribution in [1.29, 1.82) is 0 Å². The normalized spacial score (nSPS) is 23.7. The summed E-state index contributed by atoms with van der Waals surface area (Å²) in [6, 6.07) is 7.97. The summed E-state index contributed by atoms with van der Waals surface area (Å²) in [6.45, 7) is 1.04. The van der Waals surface area contributed by atoms with Crippen LogP contribution in [-0.4, -0.2) is 35.0 Å². The second-order valence-electron chi connectivity index (χ2n) is 6.37. The molecule has 0 spiro atoms. The largest absolute Gasteiger partial charge is 0.481 e. The molecule has 5 heteroatoms. The van der Waals surface area contributed by atoms with Crippen LogP contribution in [0.4, 0.5) is 0 Å². The van der Waals surface area contributed by atoms with E-state index in [9.17, 15) is 14.7 Å². The predicted octanol–water partition coefficient (Wildman–Crippen LogP) is 3.19. The second-order valence-corrected chi connectivity index (χ2v) is 7.29. The van der Waals surface area contributed by atoms with E-state index in [1.165, 1.54) is 0 Å². The predicted molar refractivity (Wildman–Crippen MR) is 86.6 cm³/mol. The summed E-state index contributed by atoms with van der Waals surface area (Å²) in [5.74, 6) is -1.09. The van der Waals surface area contributed by atoms with Crippen LogP contribution in [0.15, 0.2) is 28.7 Å². The first kappa shape index (κ1) is 15.5. The van der Waals surface area contributed by atoms with Crippen molar-refractivity contribution in [2.75, 3.05) is 13.1 Å². The molecule has 1 amide bonds. The molecule has 0 bridgehead atoms. The molecule has 1 N–H and O–H groups in total. The highest BCUT2D eigenvalue weighted by Gasteiger charge is 2.48. The van der Waals surface area contributed by atoms with E-state index in [-0.39, 0.29) is 5.91 Å². The first-order chi connectivity index (χ1) is 10.5. The maximum atomic E-state index is 13.1. The Balaban J connectivity index is 1.82. The molecule has 22 heavy (non-hydrogen) atoms. The zero-order valence-electron chi connectivity index (χ0n) is 12.4. The lowest BCUT2D eigenvalue weighted by atomic mass is 9.63. The number of halogens is 1. The van der Waals surface area contributed by atoms with E-state index in [1.54, 1.807) is 4.90 Å². The third kappa shape index (κ3) is 2.67. The van der Waals surface area contributed by atoms with Gasteiger partial charge in [-0.15, -0.1) is 0 Å². The van der Waals surface area contributed by atoms with E-state index in [0.717, 1.165) is 35.7 Å². The average Bonchev–Trinajstić information content (AvgIpc) is 2.48. The zero-order chi connectivity index (χ0) is 15.7. The summed E-state index contributed by atoms with van der Waals surface area (Å²) < 4.78 is 1.00. The molecule has 1 atom stereocenters. The fraction of sp³-hybridized carbons (Fsp3) is 0.529. The number of amides is 1. The fourth-order valence-corrected chi connectivity index (χ4v) is 3.86. The lowest BCUT2D eigenvalue weighted by Crippen LogP contribution is -2.54. The van der Waals surface area contributed by atoms with Gasteiger partial charge in [0.2, 0.25) is 5.91 Å². The number of hydrogen-bond acceptors (Lipinski definition) is 2. The summed E-state index contributed by atoms with van der Waals surface area (Å²) >= 11 is 3.43. The molecule has 1 heterocycles. The van der Waals surface area contributed by atoms with Crippen molar-refractivity contribution in [3.63, 3.8) is 0 Å². The van der Waals surface area contributed by atoms with E-state index < -0.39 is 17.3 Å². The van der Waals surface area contributed by atoms with Crippen molar-refractivity contribution in [3.05, 3.63) is 34.3 Å². The Morgan fingerprint density at radius 3 is 2.41 bits per heavy atom. The van der Waals surface area contributed by atoms with Gasteiger partial charge in [-0.1, -0.05) is 34.5 Å². The standard InChI is InChI=1S/C17H20BrNO3/c18-14-6-4-13(5-7-14)17(8-2-9-17)16(22)19-10-1-3-12(11-19)15(20)21/h4-7,12H,1-3,8-11H2,(H,20,21)/t12-/m0/s1. The zero-order valence-corrected chi connectivity index (χ0v) is 14.0. The van der Waals surface area contributed by atoms with Gasteiger partial charge in [0.25, 0.3) is 0 Å². The fourth-order valence-electron chi connectivity index (χ4n) is 3.59. The van der Waals surface area contributed by atoms with Crippen LogP contribution in [0.1, 0.15) is 37.7 Å². The summed E-state index contributed by atoms with van der Waals surface area (Å²) in [5.41, 5.74) is 0.630. The van der Waals surface area contributed by atoms with Crippen molar-refractivity contribution >= 4 is 27.8 Å². The molecular formula is C17H20BrNO3. The van der Waals surface area contributed by atoms with Gasteiger partial charge in [0.05, 0.1) is 11.3 Å². The van der Waals surface area contributed by atoms with Gasteiger partial charge < -0.3 is 10.0 Å². The number of rotatable bonds is 3. The topological polar surface area (TPSA) is 57.6 Å². The van der Waals surface area contributed by atoms with Crippen molar-refractivity contribution in [1.82, 2.24) is 4.90 Å². The number of carbonyl (C=O) groups is 2. The monoisotopic (exact) mass is 365 g/mol. The SMILES string of the molecule is O=C(O)[C@H]1CCCN(C(=O)C2(c3ccc(Br)cc3)CCC2)C1. The van der Waals surface area contributed by atoms with Crippen LogP contribution < -0.4 is 0 Å². The highest BCUT2D eigenvalue weighted by atomic mass is 79.9. The Morgan fingerprint density at radius 1 is 1.18 bits per heavy atom. The van der Waals surface area contributed by atoms with Crippen LogP contribution in [0.25, 0.3) is 0 Å². The summed E-state index contributed by atoms with van der Waals surface area (Å²) in [7, 11) is 0. The number of nitrogens with zero attached hydrogens (tertiary/aromatic N) is 1.